The van der Waals surface area contributed by atoms with E-state index in [2.05, 4.69) is 11.2 Å². The van der Waals surface area contributed by atoms with E-state index in [1.165, 1.54) is 5.57 Å². The van der Waals surface area contributed by atoms with Crippen LogP contribution in [0.5, 0.6) is 5.75 Å². The van der Waals surface area contributed by atoms with E-state index in [4.69, 9.17) is 4.74 Å². The zero-order valence-corrected chi connectivity index (χ0v) is 15.4. The Labute approximate surface area is 153 Å². The number of rotatable bonds is 3. The lowest BCUT2D eigenvalue weighted by Crippen LogP contribution is -2.43. The van der Waals surface area contributed by atoms with Crippen molar-refractivity contribution in [2.45, 2.75) is 42.7 Å². The first-order valence-corrected chi connectivity index (χ1v) is 10.5. The molecule has 2 unspecified atom stereocenters. The summed E-state index contributed by atoms with van der Waals surface area (Å²) in [5.41, 5.74) is 3.25. The van der Waals surface area contributed by atoms with E-state index in [1.54, 1.807) is 16.6 Å². The second-order valence-electron chi connectivity index (χ2n) is 7.21. The lowest BCUT2D eigenvalue weighted by molar-refractivity contribution is 0.332. The van der Waals surface area contributed by atoms with Crippen molar-refractivity contribution in [3.63, 3.8) is 0 Å². The molecule has 1 aromatic heterocycles. The summed E-state index contributed by atoms with van der Waals surface area (Å²) < 4.78 is 36.2. The van der Waals surface area contributed by atoms with Crippen molar-refractivity contribution in [2.75, 3.05) is 6.61 Å². The maximum atomic E-state index is 13.5. The Hall–Kier alpha value is -2.12. The van der Waals surface area contributed by atoms with Gasteiger partial charge in [0.2, 0.25) is 10.0 Å². The molecular formula is C19H21N3O3S. The Kier molecular flexibility index (Phi) is 3.52. The van der Waals surface area contributed by atoms with E-state index in [0.29, 0.717) is 17.3 Å². The number of aryl methyl sites for hydroxylation is 1. The fourth-order valence-electron chi connectivity index (χ4n) is 4.55. The van der Waals surface area contributed by atoms with Gasteiger partial charge in [-0.25, -0.2) is 8.42 Å². The second kappa shape index (κ2) is 5.69. The quantitative estimate of drug-likeness (QED) is 0.831. The molecule has 26 heavy (non-hydrogen) atoms. The van der Waals surface area contributed by atoms with Gasteiger partial charge in [-0.05, 0) is 42.5 Å². The first kappa shape index (κ1) is 16.1. The van der Waals surface area contributed by atoms with Crippen molar-refractivity contribution in [2.24, 2.45) is 7.05 Å². The highest BCUT2D eigenvalue weighted by atomic mass is 32.2. The van der Waals surface area contributed by atoms with Crippen LogP contribution in [0, 0.1) is 0 Å². The van der Waals surface area contributed by atoms with Crippen LogP contribution in [0.15, 0.2) is 41.4 Å². The highest BCUT2D eigenvalue weighted by molar-refractivity contribution is 7.89. The van der Waals surface area contributed by atoms with Gasteiger partial charge in [0.05, 0.1) is 12.3 Å². The first-order chi connectivity index (χ1) is 12.6. The van der Waals surface area contributed by atoms with Gasteiger partial charge in [-0.2, -0.15) is 9.40 Å². The van der Waals surface area contributed by atoms with Crippen molar-refractivity contribution >= 4 is 15.6 Å². The molecule has 0 aliphatic carbocycles. The monoisotopic (exact) mass is 371 g/mol. The molecule has 1 saturated heterocycles. The number of fused-ring (bicyclic) bond motifs is 3. The van der Waals surface area contributed by atoms with Crippen LogP contribution in [-0.2, 0) is 23.5 Å². The van der Waals surface area contributed by atoms with E-state index in [1.807, 2.05) is 29.9 Å². The molecule has 4 heterocycles. The fourth-order valence-corrected chi connectivity index (χ4v) is 6.54. The number of aromatic nitrogens is 2. The standard InChI is InChI=1S/C19H21N3O3S/c1-21-17(7-9-20-21)14-11-15-5-6-16(12-14)22(15)26(23,24)18-4-2-3-13-8-10-25-19(13)18/h2-4,7,9,11,15-16H,5-6,8,10,12H2,1H3. The molecule has 0 radical (unpaired) electrons. The van der Waals surface area contributed by atoms with E-state index in [9.17, 15) is 8.42 Å². The summed E-state index contributed by atoms with van der Waals surface area (Å²) in [5.74, 6) is 0.549. The summed E-state index contributed by atoms with van der Waals surface area (Å²) in [7, 11) is -1.66. The minimum Gasteiger partial charge on any atom is -0.492 e. The molecule has 1 fully saturated rings. The van der Waals surface area contributed by atoms with Gasteiger partial charge in [-0.3, -0.25) is 4.68 Å². The molecule has 0 saturated carbocycles. The molecule has 5 rings (SSSR count). The molecule has 2 aromatic rings. The van der Waals surface area contributed by atoms with Gasteiger partial charge in [-0.1, -0.05) is 18.2 Å². The third kappa shape index (κ3) is 2.27. The van der Waals surface area contributed by atoms with Crippen molar-refractivity contribution < 1.29 is 13.2 Å². The van der Waals surface area contributed by atoms with E-state index in [-0.39, 0.29) is 12.1 Å². The summed E-state index contributed by atoms with van der Waals surface area (Å²) in [4.78, 5) is 0.321. The highest BCUT2D eigenvalue weighted by Gasteiger charge is 2.45. The molecule has 0 amide bonds. The van der Waals surface area contributed by atoms with Gasteiger partial charge in [0.25, 0.3) is 0 Å². The van der Waals surface area contributed by atoms with Crippen LogP contribution in [0.2, 0.25) is 0 Å². The van der Waals surface area contributed by atoms with Crippen LogP contribution in [0.4, 0.5) is 0 Å². The maximum absolute atomic E-state index is 13.5. The molecule has 2 atom stereocenters. The Morgan fingerprint density at radius 2 is 2.12 bits per heavy atom. The number of hydrogen-bond donors (Lipinski definition) is 0. The lowest BCUT2D eigenvalue weighted by atomic mass is 10.0. The SMILES string of the molecule is Cn1nccc1C1=CC2CCC(C1)N2S(=O)(=O)c1cccc2c1OCC2. The molecule has 1 aromatic carbocycles. The van der Waals surface area contributed by atoms with Crippen molar-refractivity contribution in [3.8, 4) is 5.75 Å². The predicted molar refractivity (Wildman–Crippen MR) is 97.3 cm³/mol. The number of sulfonamides is 1. The van der Waals surface area contributed by atoms with Gasteiger partial charge < -0.3 is 4.74 Å². The second-order valence-corrected chi connectivity index (χ2v) is 9.02. The van der Waals surface area contributed by atoms with Crippen molar-refractivity contribution in [3.05, 3.63) is 47.8 Å². The molecule has 3 aliphatic rings. The molecule has 136 valence electrons. The molecule has 7 heteroatoms. The van der Waals surface area contributed by atoms with Crippen LogP contribution in [-0.4, -0.2) is 41.2 Å². The molecule has 0 spiro atoms. The third-order valence-electron chi connectivity index (χ3n) is 5.72. The number of ether oxygens (including phenoxy) is 1. The van der Waals surface area contributed by atoms with Crippen LogP contribution < -0.4 is 4.74 Å². The van der Waals surface area contributed by atoms with Gasteiger partial charge >= 0.3 is 0 Å². The van der Waals surface area contributed by atoms with Gasteiger partial charge in [0.15, 0.2) is 0 Å². The molecule has 2 bridgehead atoms. The average molecular weight is 371 g/mol. The van der Waals surface area contributed by atoms with E-state index >= 15 is 0 Å². The normalized spacial score (nSPS) is 25.0. The van der Waals surface area contributed by atoms with Gasteiger partial charge in [-0.15, -0.1) is 0 Å². The van der Waals surface area contributed by atoms with Crippen molar-refractivity contribution in [1.29, 1.82) is 0 Å². The first-order valence-electron chi connectivity index (χ1n) is 9.03. The van der Waals surface area contributed by atoms with E-state index < -0.39 is 10.0 Å². The van der Waals surface area contributed by atoms with E-state index in [0.717, 1.165) is 36.9 Å². The van der Waals surface area contributed by atoms with Crippen LogP contribution >= 0.6 is 0 Å². The third-order valence-corrected chi connectivity index (χ3v) is 7.72. The lowest BCUT2D eigenvalue weighted by Gasteiger charge is -2.33. The van der Waals surface area contributed by atoms with Crippen LogP contribution in [0.3, 0.4) is 0 Å². The Balaban J connectivity index is 1.55. The molecular weight excluding hydrogens is 350 g/mol. The maximum Gasteiger partial charge on any atom is 0.247 e. The number of para-hydroxylation sites is 1. The largest absolute Gasteiger partial charge is 0.492 e. The van der Waals surface area contributed by atoms with Gasteiger partial charge in [0.1, 0.15) is 10.6 Å². The van der Waals surface area contributed by atoms with Crippen molar-refractivity contribution in [1.82, 2.24) is 14.1 Å². The topological polar surface area (TPSA) is 64.4 Å². The number of benzene rings is 1. The molecule has 0 N–H and O–H groups in total. The fraction of sp³-hybridized carbons (Fsp3) is 0.421. The zero-order chi connectivity index (χ0) is 17.9. The zero-order valence-electron chi connectivity index (χ0n) is 14.6. The minimum absolute atomic E-state index is 0.00263. The molecule has 6 nitrogen and oxygen atoms in total. The molecule has 3 aliphatic heterocycles. The number of hydrogen-bond acceptors (Lipinski definition) is 4. The summed E-state index contributed by atoms with van der Waals surface area (Å²) in [6.07, 6.45) is 7.15. The number of nitrogens with zero attached hydrogens (tertiary/aromatic N) is 3. The summed E-state index contributed by atoms with van der Waals surface area (Å²) in [6.45, 7) is 0.555. The van der Waals surface area contributed by atoms with Gasteiger partial charge in [0, 0.05) is 31.7 Å². The predicted octanol–water partition coefficient (Wildman–Crippen LogP) is 2.36. The summed E-state index contributed by atoms with van der Waals surface area (Å²) >= 11 is 0. The van der Waals surface area contributed by atoms with Crippen LogP contribution in [0.1, 0.15) is 30.5 Å². The Morgan fingerprint density at radius 3 is 2.88 bits per heavy atom. The van der Waals surface area contributed by atoms with Crippen LogP contribution in [0.25, 0.3) is 5.57 Å². The minimum atomic E-state index is -3.58. The summed E-state index contributed by atoms with van der Waals surface area (Å²) in [5, 5.41) is 4.24. The highest BCUT2D eigenvalue weighted by Crippen LogP contribution is 2.44. The summed E-state index contributed by atoms with van der Waals surface area (Å²) in [6, 6.07) is 7.35. The Morgan fingerprint density at radius 1 is 1.23 bits per heavy atom. The Bertz CT molecular complexity index is 1010. The average Bonchev–Trinajstić information content (AvgIpc) is 3.32. The smallest absolute Gasteiger partial charge is 0.247 e.